The third kappa shape index (κ3) is 4.01. The molecule has 0 aliphatic heterocycles. The van der Waals surface area contributed by atoms with Gasteiger partial charge in [-0.25, -0.2) is 4.79 Å². The Morgan fingerprint density at radius 1 is 1.55 bits per heavy atom. The Labute approximate surface area is 64.1 Å². The SMILES string of the molecule is COC(=O)C(C)ON=C(N)N. The molecule has 11 heavy (non-hydrogen) atoms. The van der Waals surface area contributed by atoms with Gasteiger partial charge in [0.2, 0.25) is 12.1 Å². The molecule has 0 heterocycles. The van der Waals surface area contributed by atoms with Crippen LogP contribution in [0.3, 0.4) is 0 Å². The summed E-state index contributed by atoms with van der Waals surface area (Å²) in [5.41, 5.74) is 9.87. The van der Waals surface area contributed by atoms with Crippen molar-refractivity contribution in [3.8, 4) is 0 Å². The zero-order valence-corrected chi connectivity index (χ0v) is 6.40. The van der Waals surface area contributed by atoms with E-state index in [9.17, 15) is 4.79 Å². The normalized spacial score (nSPS) is 11.5. The van der Waals surface area contributed by atoms with Crippen LogP contribution in [0.2, 0.25) is 0 Å². The summed E-state index contributed by atoms with van der Waals surface area (Å²) < 4.78 is 4.33. The number of methoxy groups -OCH3 is 1. The Hall–Kier alpha value is -1.46. The van der Waals surface area contributed by atoms with Crippen molar-refractivity contribution in [3.05, 3.63) is 0 Å². The van der Waals surface area contributed by atoms with Crippen LogP contribution in [0.5, 0.6) is 0 Å². The van der Waals surface area contributed by atoms with Crippen LogP contribution in [0.15, 0.2) is 5.16 Å². The lowest BCUT2D eigenvalue weighted by Crippen LogP contribution is -2.26. The number of rotatable bonds is 3. The van der Waals surface area contributed by atoms with Gasteiger partial charge in [-0.1, -0.05) is 0 Å². The topological polar surface area (TPSA) is 99.9 Å². The van der Waals surface area contributed by atoms with Crippen LogP contribution >= 0.6 is 0 Å². The Morgan fingerprint density at radius 3 is 2.45 bits per heavy atom. The lowest BCUT2D eigenvalue weighted by Gasteiger charge is -2.05. The molecule has 6 nitrogen and oxygen atoms in total. The Kier molecular flexibility index (Phi) is 3.79. The number of hydrogen-bond acceptors (Lipinski definition) is 4. The average Bonchev–Trinajstić information content (AvgIpc) is 1.98. The molecule has 0 bridgehead atoms. The van der Waals surface area contributed by atoms with Gasteiger partial charge < -0.3 is 21.0 Å². The van der Waals surface area contributed by atoms with Crippen molar-refractivity contribution in [2.24, 2.45) is 16.6 Å². The summed E-state index contributed by atoms with van der Waals surface area (Å²) >= 11 is 0. The van der Waals surface area contributed by atoms with Crippen LogP contribution in [-0.4, -0.2) is 25.1 Å². The quantitative estimate of drug-likeness (QED) is 0.233. The summed E-state index contributed by atoms with van der Waals surface area (Å²) in [5.74, 6) is -0.768. The molecule has 64 valence electrons. The zero-order valence-electron chi connectivity index (χ0n) is 6.40. The fourth-order valence-corrected chi connectivity index (χ4v) is 0.349. The molecule has 0 amide bonds. The molecule has 6 heteroatoms. The minimum absolute atomic E-state index is 0.235. The number of oxime groups is 1. The summed E-state index contributed by atoms with van der Waals surface area (Å²) in [6.45, 7) is 1.47. The highest BCUT2D eigenvalue weighted by molar-refractivity contribution is 5.76. The lowest BCUT2D eigenvalue weighted by atomic mass is 10.4. The van der Waals surface area contributed by atoms with E-state index in [2.05, 4.69) is 14.7 Å². The predicted octanol–water partition coefficient (Wildman–Crippen LogP) is -1.25. The molecule has 0 rings (SSSR count). The molecule has 1 atom stereocenters. The lowest BCUT2D eigenvalue weighted by molar-refractivity contribution is -0.152. The van der Waals surface area contributed by atoms with E-state index in [1.807, 2.05) is 0 Å². The third-order valence-corrected chi connectivity index (χ3v) is 0.849. The van der Waals surface area contributed by atoms with Crippen LogP contribution < -0.4 is 11.5 Å². The van der Waals surface area contributed by atoms with E-state index in [0.29, 0.717) is 0 Å². The average molecular weight is 161 g/mol. The fourth-order valence-electron chi connectivity index (χ4n) is 0.349. The number of carbonyl (C=O) groups is 1. The van der Waals surface area contributed by atoms with Gasteiger partial charge in [-0.15, -0.1) is 0 Å². The van der Waals surface area contributed by atoms with E-state index in [4.69, 9.17) is 11.5 Å². The summed E-state index contributed by atoms with van der Waals surface area (Å²) in [6, 6.07) is 0. The molecule has 0 spiro atoms. The third-order valence-electron chi connectivity index (χ3n) is 0.849. The summed E-state index contributed by atoms with van der Waals surface area (Å²) in [7, 11) is 1.25. The molecule has 0 saturated heterocycles. The minimum Gasteiger partial charge on any atom is -0.466 e. The first kappa shape index (κ1) is 9.54. The van der Waals surface area contributed by atoms with Gasteiger partial charge in [0.1, 0.15) is 0 Å². The molecule has 4 N–H and O–H groups in total. The van der Waals surface area contributed by atoms with Gasteiger partial charge in [-0.05, 0) is 12.1 Å². The van der Waals surface area contributed by atoms with Crippen molar-refractivity contribution in [1.82, 2.24) is 0 Å². The number of ether oxygens (including phenoxy) is 1. The molecule has 0 aliphatic carbocycles. The molecule has 1 unspecified atom stereocenters. The molecule has 0 fully saturated rings. The van der Waals surface area contributed by atoms with Gasteiger partial charge in [-0.3, -0.25) is 0 Å². The number of hydrogen-bond donors (Lipinski definition) is 2. The number of nitrogens with zero attached hydrogens (tertiary/aromatic N) is 1. The first-order chi connectivity index (χ1) is 5.07. The van der Waals surface area contributed by atoms with E-state index in [1.165, 1.54) is 14.0 Å². The van der Waals surface area contributed by atoms with Gasteiger partial charge in [0.15, 0.2) is 0 Å². The molecular weight excluding hydrogens is 150 g/mol. The van der Waals surface area contributed by atoms with Crippen molar-refractivity contribution >= 4 is 11.9 Å². The van der Waals surface area contributed by atoms with Crippen LogP contribution in [0.1, 0.15) is 6.92 Å². The van der Waals surface area contributed by atoms with Crippen LogP contribution in [-0.2, 0) is 14.4 Å². The molecule has 0 aromatic carbocycles. The minimum atomic E-state index is -0.790. The largest absolute Gasteiger partial charge is 0.466 e. The van der Waals surface area contributed by atoms with E-state index in [-0.39, 0.29) is 5.96 Å². The second-order valence-corrected chi connectivity index (χ2v) is 1.79. The van der Waals surface area contributed by atoms with Crippen LogP contribution in [0.4, 0.5) is 0 Å². The number of guanidine groups is 1. The van der Waals surface area contributed by atoms with Crippen LogP contribution in [0.25, 0.3) is 0 Å². The maximum absolute atomic E-state index is 10.6. The fraction of sp³-hybridized carbons (Fsp3) is 0.600. The maximum atomic E-state index is 10.6. The van der Waals surface area contributed by atoms with E-state index >= 15 is 0 Å². The van der Waals surface area contributed by atoms with Crippen molar-refractivity contribution < 1.29 is 14.4 Å². The molecule has 0 aromatic rings. The second-order valence-electron chi connectivity index (χ2n) is 1.79. The Bertz CT molecular complexity index is 164. The van der Waals surface area contributed by atoms with E-state index in [0.717, 1.165) is 0 Å². The number of carbonyl (C=O) groups excluding carboxylic acids is 1. The van der Waals surface area contributed by atoms with Crippen molar-refractivity contribution in [3.63, 3.8) is 0 Å². The van der Waals surface area contributed by atoms with E-state index < -0.39 is 12.1 Å². The summed E-state index contributed by atoms with van der Waals surface area (Å²) in [4.78, 5) is 15.1. The molecule has 0 saturated carbocycles. The Morgan fingerprint density at radius 2 is 2.09 bits per heavy atom. The first-order valence-electron chi connectivity index (χ1n) is 2.90. The molecular formula is C5H11N3O3. The molecule has 0 aromatic heterocycles. The van der Waals surface area contributed by atoms with Gasteiger partial charge in [0, 0.05) is 0 Å². The smallest absolute Gasteiger partial charge is 0.349 e. The van der Waals surface area contributed by atoms with Gasteiger partial charge in [0.25, 0.3) is 0 Å². The predicted molar refractivity (Wildman–Crippen MR) is 38.4 cm³/mol. The Balaban J connectivity index is 3.78. The highest BCUT2D eigenvalue weighted by Crippen LogP contribution is 1.92. The summed E-state index contributed by atoms with van der Waals surface area (Å²) in [6.07, 6.45) is -0.790. The van der Waals surface area contributed by atoms with Crippen molar-refractivity contribution in [1.29, 1.82) is 0 Å². The van der Waals surface area contributed by atoms with E-state index in [1.54, 1.807) is 0 Å². The molecule has 0 radical (unpaired) electrons. The highest BCUT2D eigenvalue weighted by Gasteiger charge is 2.13. The van der Waals surface area contributed by atoms with Gasteiger partial charge in [-0.2, -0.15) is 0 Å². The number of esters is 1. The van der Waals surface area contributed by atoms with Crippen LogP contribution in [0, 0.1) is 0 Å². The zero-order chi connectivity index (χ0) is 8.85. The summed E-state index contributed by atoms with van der Waals surface area (Å²) in [5, 5.41) is 3.16. The molecule has 0 aliphatic rings. The maximum Gasteiger partial charge on any atom is 0.349 e. The first-order valence-corrected chi connectivity index (χ1v) is 2.90. The van der Waals surface area contributed by atoms with Gasteiger partial charge in [0.05, 0.1) is 7.11 Å². The highest BCUT2D eigenvalue weighted by atomic mass is 16.7. The second kappa shape index (κ2) is 4.37. The van der Waals surface area contributed by atoms with Gasteiger partial charge >= 0.3 is 5.97 Å². The standard InChI is InChI=1S/C5H11N3O3/c1-3(4(9)10-2)11-8-5(6)7/h3H,1-2H3,(H4,6,7,8). The monoisotopic (exact) mass is 161 g/mol. The van der Waals surface area contributed by atoms with Crippen molar-refractivity contribution in [2.45, 2.75) is 13.0 Å². The van der Waals surface area contributed by atoms with Crippen molar-refractivity contribution in [2.75, 3.05) is 7.11 Å². The number of nitrogens with two attached hydrogens (primary N) is 2.